The molecule has 4 N–H and O–H groups in total. The van der Waals surface area contributed by atoms with Crippen molar-refractivity contribution in [3.8, 4) is 0 Å². The molecule has 18 heteroatoms. The molecule has 0 aromatic carbocycles. The maximum atomic E-state index is 12.9. The van der Waals surface area contributed by atoms with Crippen LogP contribution in [0.2, 0.25) is 0 Å². The maximum absolute atomic E-state index is 12.9. The van der Waals surface area contributed by atoms with Gasteiger partial charge in [-0.3, -0.25) is 32.5 Å². The van der Waals surface area contributed by atoms with E-state index in [1.54, 1.807) is 0 Å². The zero-order valence-electron chi connectivity index (χ0n) is 52.5. The zero-order valence-corrected chi connectivity index (χ0v) is 54.3. The number of phosphoric acid groups is 2. The van der Waals surface area contributed by atoms with E-state index < -0.39 is 91.5 Å². The lowest BCUT2D eigenvalue weighted by atomic mass is 10.0. The quantitative estimate of drug-likeness (QED) is 0.0146. The van der Waals surface area contributed by atoms with Crippen LogP contribution in [0.3, 0.4) is 0 Å². The molecule has 16 nitrogen and oxygen atoms in total. The average molecular weight is 1240 g/mol. The highest BCUT2D eigenvalue weighted by Crippen LogP contribution is 2.45. The van der Waals surface area contributed by atoms with Gasteiger partial charge >= 0.3 is 33.6 Å². The lowest BCUT2D eigenvalue weighted by Crippen LogP contribution is -2.30. The van der Waals surface area contributed by atoms with Crippen LogP contribution in [0.25, 0.3) is 0 Å². The Morgan fingerprint density at radius 1 is 0.341 bits per heavy atom. The Morgan fingerprint density at radius 2 is 0.624 bits per heavy atom. The third-order valence-electron chi connectivity index (χ3n) is 13.0. The Hall–Kier alpha value is -3.79. The molecule has 0 heterocycles. The van der Waals surface area contributed by atoms with Gasteiger partial charge < -0.3 is 34.2 Å². The number of allylic oxidation sites excluding steroid dienone is 18. The van der Waals surface area contributed by atoms with Gasteiger partial charge in [-0.2, -0.15) is 0 Å². The first-order valence-corrected chi connectivity index (χ1v) is 35.2. The standard InChI is InChI=1S/C67H114O16P2/c1-4-7-10-13-16-19-22-25-27-28-29-30-31-32-34-37-38-41-44-47-50-53-65(70)77-56-62(68)57-79-84(73,74)80-58-63(69)59-81-85(75,76)82-61-64(83-67(72)55-52-49-46-43-40-35-24-21-18-15-12-9-6-3)60-78-66(71)54-51-48-45-42-39-36-33-26-23-20-17-14-11-8-5-2/h7-8,10-11,16-17,19-20,25-27,29-30,32-34,38,41,62-64,68-69H,4-6,9,12-15,18,21-24,28,31,35-37,39-40,42-61H2,1-3H3,(H,73,74)(H,75,76)/b10-7-,11-8-,19-16-,20-17-,27-25-,30-29-,33-26-,34-32-,41-38-. The smallest absolute Gasteiger partial charge is 0.463 e. The van der Waals surface area contributed by atoms with Crippen LogP contribution in [0.5, 0.6) is 0 Å². The van der Waals surface area contributed by atoms with E-state index in [-0.39, 0.29) is 19.3 Å². The predicted molar refractivity (Wildman–Crippen MR) is 344 cm³/mol. The molecular formula is C67H114O16P2. The number of phosphoric ester groups is 2. The summed E-state index contributed by atoms with van der Waals surface area (Å²) in [7, 11) is -9.78. The number of unbranched alkanes of at least 4 members (excludes halogenated alkanes) is 19. The Kier molecular flexibility index (Phi) is 57.8. The SMILES string of the molecule is CC/C=C\C/C=C\C/C=C\C/C=C\C/C=C\C/C=C\CCCCC(=O)OCC(O)COP(=O)(O)OCC(O)COP(=O)(O)OCC(COC(=O)CCCCCCC/C=C\C/C=C\C/C=C\CC)OC(=O)CCCCCCCCCCCCCCC. The minimum absolute atomic E-state index is 0.101. The Balaban J connectivity index is 4.67. The van der Waals surface area contributed by atoms with Gasteiger partial charge in [-0.25, -0.2) is 9.13 Å². The molecule has 85 heavy (non-hydrogen) atoms. The third kappa shape index (κ3) is 61.6. The molecule has 0 saturated carbocycles. The third-order valence-corrected chi connectivity index (χ3v) is 14.9. The van der Waals surface area contributed by atoms with E-state index in [1.807, 2.05) is 0 Å². The fraction of sp³-hybridized carbons (Fsp3) is 0.687. The van der Waals surface area contributed by atoms with Gasteiger partial charge in [0.05, 0.1) is 26.4 Å². The molecule has 0 aliphatic heterocycles. The molecule has 0 amide bonds. The van der Waals surface area contributed by atoms with E-state index in [9.17, 15) is 43.5 Å². The second-order valence-electron chi connectivity index (χ2n) is 21.2. The molecule has 0 saturated heterocycles. The molecule has 0 bridgehead atoms. The van der Waals surface area contributed by atoms with Crippen LogP contribution in [0, 0.1) is 0 Å². The van der Waals surface area contributed by atoms with E-state index in [2.05, 4.69) is 130 Å². The van der Waals surface area contributed by atoms with Gasteiger partial charge in [0.2, 0.25) is 0 Å². The van der Waals surface area contributed by atoms with Crippen LogP contribution < -0.4 is 0 Å². The predicted octanol–water partition coefficient (Wildman–Crippen LogP) is 17.3. The number of hydrogen-bond donors (Lipinski definition) is 4. The van der Waals surface area contributed by atoms with Crippen molar-refractivity contribution in [3.05, 3.63) is 109 Å². The second kappa shape index (κ2) is 60.5. The summed E-state index contributed by atoms with van der Waals surface area (Å²) in [5.74, 6) is -1.64. The number of carbonyl (C=O) groups excluding carboxylic acids is 3. The monoisotopic (exact) mass is 1240 g/mol. The lowest BCUT2D eigenvalue weighted by molar-refractivity contribution is -0.161. The van der Waals surface area contributed by atoms with E-state index >= 15 is 0 Å². The Bertz CT molecular complexity index is 1990. The summed E-state index contributed by atoms with van der Waals surface area (Å²) in [6, 6.07) is 0. The van der Waals surface area contributed by atoms with Crippen molar-refractivity contribution in [1.29, 1.82) is 0 Å². The number of esters is 3. The van der Waals surface area contributed by atoms with Crippen LogP contribution in [0.4, 0.5) is 0 Å². The highest BCUT2D eigenvalue weighted by molar-refractivity contribution is 7.47. The molecule has 488 valence electrons. The molecule has 0 aliphatic rings. The van der Waals surface area contributed by atoms with Gasteiger partial charge in [-0.1, -0.05) is 226 Å². The van der Waals surface area contributed by atoms with Gasteiger partial charge in [0, 0.05) is 19.3 Å². The first-order valence-electron chi connectivity index (χ1n) is 32.2. The van der Waals surface area contributed by atoms with Crippen molar-refractivity contribution in [3.63, 3.8) is 0 Å². The Morgan fingerprint density at radius 3 is 1.01 bits per heavy atom. The first-order chi connectivity index (χ1) is 41.2. The number of rotatable bonds is 60. The molecule has 0 aromatic heterocycles. The van der Waals surface area contributed by atoms with E-state index in [0.29, 0.717) is 19.3 Å². The van der Waals surface area contributed by atoms with Crippen LogP contribution >= 0.6 is 15.6 Å². The number of hydrogen-bond acceptors (Lipinski definition) is 14. The van der Waals surface area contributed by atoms with Gasteiger partial charge in [0.1, 0.15) is 25.4 Å². The van der Waals surface area contributed by atoms with Crippen LogP contribution in [0.1, 0.15) is 239 Å². The maximum Gasteiger partial charge on any atom is 0.472 e. The van der Waals surface area contributed by atoms with Gasteiger partial charge in [-0.15, -0.1) is 0 Å². The van der Waals surface area contributed by atoms with E-state index in [0.717, 1.165) is 128 Å². The number of aliphatic hydroxyl groups is 2. The summed E-state index contributed by atoms with van der Waals surface area (Å²) in [4.78, 5) is 58.2. The summed E-state index contributed by atoms with van der Waals surface area (Å²) < 4.78 is 60.7. The molecule has 0 spiro atoms. The molecule has 0 radical (unpaired) electrons. The summed E-state index contributed by atoms with van der Waals surface area (Å²) in [5.41, 5.74) is 0. The first kappa shape index (κ1) is 81.2. The topological polar surface area (TPSA) is 231 Å². The molecule has 0 fully saturated rings. The largest absolute Gasteiger partial charge is 0.472 e. The fourth-order valence-electron chi connectivity index (χ4n) is 8.12. The van der Waals surface area contributed by atoms with Crippen LogP contribution in [-0.2, 0) is 55.8 Å². The average Bonchev–Trinajstić information content (AvgIpc) is 3.51. The number of ether oxygens (including phenoxy) is 3. The normalized spacial score (nSPS) is 15.0. The Labute approximate surface area is 513 Å². The van der Waals surface area contributed by atoms with Gasteiger partial charge in [0.15, 0.2) is 6.10 Å². The fourth-order valence-corrected chi connectivity index (χ4v) is 9.70. The molecule has 0 aliphatic carbocycles. The van der Waals surface area contributed by atoms with Gasteiger partial charge in [0.25, 0.3) is 0 Å². The van der Waals surface area contributed by atoms with E-state index in [1.165, 1.54) is 51.4 Å². The van der Waals surface area contributed by atoms with Gasteiger partial charge in [-0.05, 0) is 103 Å². The minimum atomic E-state index is -4.93. The van der Waals surface area contributed by atoms with Crippen molar-refractivity contribution < 1.29 is 75.8 Å². The minimum Gasteiger partial charge on any atom is -0.463 e. The highest BCUT2D eigenvalue weighted by atomic mass is 31.2. The zero-order chi connectivity index (χ0) is 62.4. The van der Waals surface area contributed by atoms with Crippen molar-refractivity contribution in [2.45, 2.75) is 257 Å². The summed E-state index contributed by atoms with van der Waals surface area (Å²) in [5, 5.41) is 20.5. The summed E-state index contributed by atoms with van der Waals surface area (Å²) >= 11 is 0. The van der Waals surface area contributed by atoms with Crippen LogP contribution in [0.15, 0.2) is 109 Å². The summed E-state index contributed by atoms with van der Waals surface area (Å²) in [6.07, 6.45) is 65.8. The van der Waals surface area contributed by atoms with Crippen molar-refractivity contribution in [2.24, 2.45) is 0 Å². The van der Waals surface area contributed by atoms with Crippen molar-refractivity contribution in [1.82, 2.24) is 0 Å². The van der Waals surface area contributed by atoms with Crippen molar-refractivity contribution >= 4 is 33.6 Å². The lowest BCUT2D eigenvalue weighted by Gasteiger charge is -2.21. The number of aliphatic hydroxyl groups excluding tert-OH is 2. The molecule has 5 atom stereocenters. The summed E-state index contributed by atoms with van der Waals surface area (Å²) in [6.45, 7) is 2.35. The van der Waals surface area contributed by atoms with Crippen molar-refractivity contribution in [2.75, 3.05) is 39.6 Å². The number of carbonyl (C=O) groups is 3. The molecular weight excluding hydrogens is 1120 g/mol. The molecule has 0 rings (SSSR count). The molecule has 5 unspecified atom stereocenters. The highest BCUT2D eigenvalue weighted by Gasteiger charge is 2.29. The van der Waals surface area contributed by atoms with E-state index in [4.69, 9.17) is 32.3 Å². The van der Waals surface area contributed by atoms with Crippen LogP contribution in [-0.4, -0.2) is 95.9 Å². The second-order valence-corrected chi connectivity index (χ2v) is 24.1. The molecule has 0 aromatic rings.